The van der Waals surface area contributed by atoms with Gasteiger partial charge in [-0.3, -0.25) is 13.9 Å². The van der Waals surface area contributed by atoms with Crippen LogP contribution >= 0.6 is 11.6 Å². The summed E-state index contributed by atoms with van der Waals surface area (Å²) >= 11 is 5.93. The first kappa shape index (κ1) is 22.8. The number of fused-ring (bicyclic) bond motifs is 1. The van der Waals surface area contributed by atoms with Gasteiger partial charge in [0.2, 0.25) is 11.2 Å². The maximum absolute atomic E-state index is 13.4. The summed E-state index contributed by atoms with van der Waals surface area (Å²) in [6.07, 6.45) is 2.42. The monoisotopic (exact) mass is 478 g/mol. The Morgan fingerprint density at radius 3 is 2.52 bits per heavy atom. The Morgan fingerprint density at radius 2 is 1.79 bits per heavy atom. The lowest BCUT2D eigenvalue weighted by Crippen LogP contribution is -2.40. The van der Waals surface area contributed by atoms with E-state index in [9.17, 15) is 18.4 Å². The molecule has 0 radical (unpaired) electrons. The molecule has 0 amide bonds. The van der Waals surface area contributed by atoms with E-state index in [0.717, 1.165) is 23.5 Å². The first-order chi connectivity index (χ1) is 15.9. The van der Waals surface area contributed by atoms with Crippen molar-refractivity contribution in [2.24, 2.45) is 0 Å². The lowest BCUT2D eigenvalue weighted by atomic mass is 10.1. The minimum atomic E-state index is -0.681. The van der Waals surface area contributed by atoms with Crippen molar-refractivity contribution in [2.75, 3.05) is 0 Å². The van der Waals surface area contributed by atoms with Crippen LogP contribution in [0.25, 0.3) is 11.2 Å². The third kappa shape index (κ3) is 5.03. The second kappa shape index (κ2) is 9.65. The molecule has 3 heterocycles. The SMILES string of the molecule is CCCCn1c(=O)n(CCCc2nc(Cc3cc(F)cc(F)c3)no2)c(=O)c2[nH]c(Cl)nc21. The van der Waals surface area contributed by atoms with E-state index in [4.69, 9.17) is 16.1 Å². The summed E-state index contributed by atoms with van der Waals surface area (Å²) < 4.78 is 34.5. The van der Waals surface area contributed by atoms with E-state index in [1.54, 1.807) is 0 Å². The molecule has 174 valence electrons. The van der Waals surface area contributed by atoms with E-state index < -0.39 is 22.9 Å². The molecule has 0 unspecified atom stereocenters. The molecule has 12 heteroatoms. The first-order valence-electron chi connectivity index (χ1n) is 10.5. The lowest BCUT2D eigenvalue weighted by Gasteiger charge is -2.10. The van der Waals surface area contributed by atoms with Crippen LogP contribution in [-0.4, -0.2) is 29.2 Å². The van der Waals surface area contributed by atoms with Crippen LogP contribution in [0, 0.1) is 11.6 Å². The molecule has 0 fully saturated rings. The molecule has 0 atom stereocenters. The first-order valence-corrected chi connectivity index (χ1v) is 10.9. The van der Waals surface area contributed by atoms with E-state index in [1.165, 1.54) is 16.7 Å². The van der Waals surface area contributed by atoms with Gasteiger partial charge in [-0.2, -0.15) is 9.97 Å². The van der Waals surface area contributed by atoms with Crippen molar-refractivity contribution in [3.05, 3.63) is 73.2 Å². The number of hydrogen-bond acceptors (Lipinski definition) is 6. The maximum Gasteiger partial charge on any atom is 0.332 e. The van der Waals surface area contributed by atoms with Crippen molar-refractivity contribution < 1.29 is 13.3 Å². The summed E-state index contributed by atoms with van der Waals surface area (Å²) in [5.74, 6) is -0.784. The van der Waals surface area contributed by atoms with Gasteiger partial charge in [-0.1, -0.05) is 18.5 Å². The number of benzene rings is 1. The van der Waals surface area contributed by atoms with Gasteiger partial charge >= 0.3 is 5.69 Å². The molecule has 0 saturated carbocycles. The highest BCUT2D eigenvalue weighted by Crippen LogP contribution is 2.13. The van der Waals surface area contributed by atoms with Crippen LogP contribution < -0.4 is 11.2 Å². The van der Waals surface area contributed by atoms with Crippen molar-refractivity contribution in [3.63, 3.8) is 0 Å². The van der Waals surface area contributed by atoms with Gasteiger partial charge in [-0.05, 0) is 42.1 Å². The Hall–Kier alpha value is -3.34. The number of imidazole rings is 1. The smallest absolute Gasteiger partial charge is 0.332 e. The van der Waals surface area contributed by atoms with Crippen molar-refractivity contribution >= 4 is 22.8 Å². The third-order valence-electron chi connectivity index (χ3n) is 5.13. The minimum Gasteiger partial charge on any atom is -0.339 e. The zero-order chi connectivity index (χ0) is 23.5. The molecule has 4 rings (SSSR count). The summed E-state index contributed by atoms with van der Waals surface area (Å²) in [4.78, 5) is 36.8. The van der Waals surface area contributed by atoms with Gasteiger partial charge in [0.05, 0.1) is 0 Å². The molecule has 1 N–H and O–H groups in total. The molecule has 0 spiro atoms. The molecule has 33 heavy (non-hydrogen) atoms. The summed E-state index contributed by atoms with van der Waals surface area (Å²) in [6, 6.07) is 3.19. The average molecular weight is 479 g/mol. The largest absolute Gasteiger partial charge is 0.339 e. The Kier molecular flexibility index (Phi) is 6.68. The third-order valence-corrected chi connectivity index (χ3v) is 5.31. The van der Waals surface area contributed by atoms with Crippen LogP contribution in [0.2, 0.25) is 5.28 Å². The van der Waals surface area contributed by atoms with Gasteiger partial charge in [0.25, 0.3) is 5.56 Å². The van der Waals surface area contributed by atoms with E-state index in [0.29, 0.717) is 30.8 Å². The van der Waals surface area contributed by atoms with Crippen molar-refractivity contribution in [2.45, 2.75) is 52.1 Å². The predicted molar refractivity (Wildman–Crippen MR) is 116 cm³/mol. The topological polar surface area (TPSA) is 112 Å². The Balaban J connectivity index is 1.48. The fraction of sp³-hybridized carbons (Fsp3) is 0.381. The standard InChI is InChI=1S/C21H21ClF2N6O3/c1-2-3-6-29-18-17(26-20(22)27-18)19(31)30(21(29)32)7-4-5-16-25-15(28-33-16)10-12-8-13(23)11-14(24)9-12/h8-9,11H,2-7,10H2,1H3,(H,26,27). The number of aryl methyl sites for hydroxylation is 2. The molecule has 0 bridgehead atoms. The normalized spacial score (nSPS) is 11.5. The fourth-order valence-corrected chi connectivity index (χ4v) is 3.78. The second-order valence-electron chi connectivity index (χ2n) is 7.63. The molecular weight excluding hydrogens is 458 g/mol. The van der Waals surface area contributed by atoms with Crippen LogP contribution in [0.4, 0.5) is 8.78 Å². The number of unbranched alkanes of at least 4 members (excludes halogenated alkanes) is 1. The zero-order valence-corrected chi connectivity index (χ0v) is 18.5. The molecule has 1 aromatic carbocycles. The number of nitrogens with zero attached hydrogens (tertiary/aromatic N) is 5. The van der Waals surface area contributed by atoms with Crippen molar-refractivity contribution in [3.8, 4) is 0 Å². The quantitative estimate of drug-likeness (QED) is 0.370. The van der Waals surface area contributed by atoms with Gasteiger partial charge in [-0.25, -0.2) is 13.6 Å². The maximum atomic E-state index is 13.4. The number of H-pyrrole nitrogens is 1. The van der Waals surface area contributed by atoms with E-state index in [-0.39, 0.29) is 35.2 Å². The Morgan fingerprint density at radius 1 is 1.06 bits per heavy atom. The summed E-state index contributed by atoms with van der Waals surface area (Å²) in [5.41, 5.74) is -0.149. The summed E-state index contributed by atoms with van der Waals surface area (Å²) in [6.45, 7) is 2.55. The second-order valence-corrected chi connectivity index (χ2v) is 7.99. The zero-order valence-electron chi connectivity index (χ0n) is 17.8. The van der Waals surface area contributed by atoms with Crippen molar-refractivity contribution in [1.82, 2.24) is 29.2 Å². The number of aromatic nitrogens is 6. The summed E-state index contributed by atoms with van der Waals surface area (Å²) in [5, 5.41) is 3.87. The van der Waals surface area contributed by atoms with Crippen molar-refractivity contribution in [1.29, 1.82) is 0 Å². The Labute approximate surface area is 191 Å². The number of hydrogen-bond donors (Lipinski definition) is 1. The van der Waals surface area contributed by atoms with E-state index >= 15 is 0 Å². The van der Waals surface area contributed by atoms with E-state index in [1.807, 2.05) is 6.92 Å². The molecule has 0 saturated heterocycles. The van der Waals surface area contributed by atoms with Crippen LogP contribution in [0.15, 0.2) is 32.3 Å². The average Bonchev–Trinajstić information content (AvgIpc) is 3.36. The predicted octanol–water partition coefficient (Wildman–Crippen LogP) is 3.22. The number of halogens is 3. The number of rotatable bonds is 9. The van der Waals surface area contributed by atoms with Crippen LogP contribution in [-0.2, 0) is 25.9 Å². The molecule has 0 aliphatic carbocycles. The molecule has 4 aromatic rings. The molecule has 3 aromatic heterocycles. The summed E-state index contributed by atoms with van der Waals surface area (Å²) in [7, 11) is 0. The number of aromatic amines is 1. The van der Waals surface area contributed by atoms with Gasteiger partial charge < -0.3 is 9.51 Å². The van der Waals surface area contributed by atoms with Gasteiger partial charge in [0.1, 0.15) is 11.6 Å². The molecule has 9 nitrogen and oxygen atoms in total. The minimum absolute atomic E-state index is 0.0427. The van der Waals surface area contributed by atoms with Gasteiger partial charge in [0.15, 0.2) is 17.0 Å². The van der Waals surface area contributed by atoms with Crippen LogP contribution in [0.5, 0.6) is 0 Å². The molecule has 0 aliphatic heterocycles. The highest BCUT2D eigenvalue weighted by Gasteiger charge is 2.17. The molecule has 0 aliphatic rings. The lowest BCUT2D eigenvalue weighted by molar-refractivity contribution is 0.367. The fourth-order valence-electron chi connectivity index (χ4n) is 3.60. The Bertz CT molecular complexity index is 1390. The number of nitrogens with one attached hydrogen (secondary N) is 1. The highest BCUT2D eigenvalue weighted by molar-refractivity contribution is 6.28. The van der Waals surface area contributed by atoms with Gasteiger partial charge in [0, 0.05) is 32.0 Å². The highest BCUT2D eigenvalue weighted by atomic mass is 35.5. The van der Waals surface area contributed by atoms with Crippen LogP contribution in [0.3, 0.4) is 0 Å². The van der Waals surface area contributed by atoms with Crippen LogP contribution in [0.1, 0.15) is 43.5 Å². The molecular formula is C21H21ClF2N6O3. The van der Waals surface area contributed by atoms with Gasteiger partial charge in [-0.15, -0.1) is 0 Å². The van der Waals surface area contributed by atoms with E-state index in [2.05, 4.69) is 20.1 Å².